The zero-order valence-corrected chi connectivity index (χ0v) is 14.3. The minimum absolute atomic E-state index is 0.0782. The fraction of sp³-hybridized carbons (Fsp3) is 0.389. The van der Waals surface area contributed by atoms with Crippen molar-refractivity contribution < 1.29 is 0 Å². The molecule has 0 N–H and O–H groups in total. The summed E-state index contributed by atoms with van der Waals surface area (Å²) in [6.45, 7) is 10.8. The quantitative estimate of drug-likeness (QED) is 0.747. The molecule has 1 aromatic carbocycles. The Morgan fingerprint density at radius 3 is 2.35 bits per heavy atom. The highest BCUT2D eigenvalue weighted by molar-refractivity contribution is 5.35. The molecule has 3 rings (SSSR count). The Kier molecular flexibility index (Phi) is 3.80. The molecule has 5 heteroatoms. The molecule has 2 heterocycles. The first-order valence-corrected chi connectivity index (χ1v) is 7.90. The first-order chi connectivity index (χ1) is 10.9. The van der Waals surface area contributed by atoms with Gasteiger partial charge in [-0.15, -0.1) is 0 Å². The van der Waals surface area contributed by atoms with Crippen LogP contribution in [-0.2, 0) is 6.54 Å². The molecule has 0 bridgehead atoms. The molecule has 2 aromatic heterocycles. The van der Waals surface area contributed by atoms with Crippen LogP contribution in [-0.4, -0.2) is 19.2 Å². The van der Waals surface area contributed by atoms with Gasteiger partial charge in [0.05, 0.1) is 12.2 Å². The third kappa shape index (κ3) is 2.67. The van der Waals surface area contributed by atoms with Crippen LogP contribution < -0.4 is 5.56 Å². The van der Waals surface area contributed by atoms with Gasteiger partial charge in [-0.05, 0) is 43.4 Å². The average molecular weight is 310 g/mol. The number of hydrogen-bond acceptors (Lipinski definition) is 3. The molecular weight excluding hydrogens is 288 g/mol. The van der Waals surface area contributed by atoms with Crippen LogP contribution in [0.15, 0.2) is 29.1 Å². The molecule has 0 aliphatic heterocycles. The maximum atomic E-state index is 12.6. The molecule has 5 nitrogen and oxygen atoms in total. The van der Waals surface area contributed by atoms with Gasteiger partial charge in [0.25, 0.3) is 11.3 Å². The maximum absolute atomic E-state index is 12.6. The second kappa shape index (κ2) is 5.65. The van der Waals surface area contributed by atoms with Gasteiger partial charge in [-0.25, -0.2) is 4.98 Å². The Labute approximate surface area is 135 Å². The van der Waals surface area contributed by atoms with Crippen molar-refractivity contribution in [2.24, 2.45) is 0 Å². The van der Waals surface area contributed by atoms with E-state index in [9.17, 15) is 4.79 Å². The summed E-state index contributed by atoms with van der Waals surface area (Å²) in [5.74, 6) is 1.47. The van der Waals surface area contributed by atoms with Crippen molar-refractivity contribution >= 4 is 5.78 Å². The number of aromatic nitrogens is 4. The smallest absolute Gasteiger partial charge is 0.267 e. The van der Waals surface area contributed by atoms with Gasteiger partial charge in [0.15, 0.2) is 0 Å². The summed E-state index contributed by atoms with van der Waals surface area (Å²) in [6, 6.07) is 7.85. The van der Waals surface area contributed by atoms with Gasteiger partial charge in [-0.3, -0.25) is 9.48 Å². The lowest BCUT2D eigenvalue weighted by atomic mass is 10.0. The Morgan fingerprint density at radius 2 is 1.74 bits per heavy atom. The summed E-state index contributed by atoms with van der Waals surface area (Å²) in [5, 5.41) is 0. The van der Waals surface area contributed by atoms with Crippen LogP contribution >= 0.6 is 0 Å². The van der Waals surface area contributed by atoms with E-state index < -0.39 is 0 Å². The van der Waals surface area contributed by atoms with Crippen LogP contribution in [0.5, 0.6) is 0 Å². The number of fused-ring (bicyclic) bond motifs is 1. The molecule has 0 aliphatic rings. The van der Waals surface area contributed by atoms with Crippen LogP contribution in [0.4, 0.5) is 0 Å². The first-order valence-electron chi connectivity index (χ1n) is 7.90. The van der Waals surface area contributed by atoms with Gasteiger partial charge >= 0.3 is 0 Å². The molecule has 0 saturated heterocycles. The van der Waals surface area contributed by atoms with Gasteiger partial charge in [0.2, 0.25) is 0 Å². The molecule has 0 saturated carbocycles. The standard InChI is InChI=1S/C18H22N4O/c1-11(2)16-9-17(23)22-18(20-16)19-14(5)21(22)10-15-12(3)7-6-8-13(15)4/h6-9,11H,10H2,1-5H3. The van der Waals surface area contributed by atoms with Crippen molar-refractivity contribution in [3.8, 4) is 0 Å². The first kappa shape index (κ1) is 15.5. The second-order valence-electron chi connectivity index (χ2n) is 6.37. The number of nitrogens with zero attached hydrogens (tertiary/aromatic N) is 4. The van der Waals surface area contributed by atoms with Crippen LogP contribution in [0.25, 0.3) is 5.78 Å². The molecule has 3 aromatic rings. The number of rotatable bonds is 3. The van der Waals surface area contributed by atoms with E-state index in [1.807, 2.05) is 25.5 Å². The summed E-state index contributed by atoms with van der Waals surface area (Å²) in [6.07, 6.45) is 0. The molecule has 23 heavy (non-hydrogen) atoms. The number of benzene rings is 1. The molecule has 0 unspecified atom stereocenters. The van der Waals surface area contributed by atoms with Crippen molar-refractivity contribution in [1.82, 2.24) is 19.2 Å². The monoisotopic (exact) mass is 310 g/mol. The predicted molar refractivity (Wildman–Crippen MR) is 91.1 cm³/mol. The highest BCUT2D eigenvalue weighted by Crippen LogP contribution is 2.16. The van der Waals surface area contributed by atoms with Crippen molar-refractivity contribution in [3.05, 3.63) is 62.8 Å². The van der Waals surface area contributed by atoms with E-state index in [2.05, 4.69) is 42.0 Å². The topological polar surface area (TPSA) is 52.2 Å². The Morgan fingerprint density at radius 1 is 1.09 bits per heavy atom. The molecule has 120 valence electrons. The van der Waals surface area contributed by atoms with Crippen molar-refractivity contribution in [1.29, 1.82) is 0 Å². The van der Waals surface area contributed by atoms with Crippen molar-refractivity contribution in [3.63, 3.8) is 0 Å². The zero-order valence-electron chi connectivity index (χ0n) is 14.3. The minimum atomic E-state index is -0.0782. The molecule has 0 amide bonds. The molecule has 0 radical (unpaired) electrons. The highest BCUT2D eigenvalue weighted by atomic mass is 16.1. The van der Waals surface area contributed by atoms with E-state index in [0.29, 0.717) is 12.3 Å². The summed E-state index contributed by atoms with van der Waals surface area (Å²) >= 11 is 0. The second-order valence-corrected chi connectivity index (χ2v) is 6.37. The van der Waals surface area contributed by atoms with Crippen LogP contribution in [0.2, 0.25) is 0 Å². The predicted octanol–water partition coefficient (Wildman–Crippen LogP) is 2.99. The minimum Gasteiger partial charge on any atom is -0.267 e. The summed E-state index contributed by atoms with van der Waals surface area (Å²) in [7, 11) is 0. The van der Waals surface area contributed by atoms with Crippen molar-refractivity contribution in [2.45, 2.75) is 47.1 Å². The zero-order chi connectivity index (χ0) is 16.7. The van der Waals surface area contributed by atoms with Gasteiger partial charge in [0.1, 0.15) is 5.82 Å². The maximum Gasteiger partial charge on any atom is 0.274 e. The lowest BCUT2D eigenvalue weighted by molar-refractivity contribution is 0.594. The fourth-order valence-electron chi connectivity index (χ4n) is 2.86. The van der Waals surface area contributed by atoms with Crippen molar-refractivity contribution in [2.75, 3.05) is 0 Å². The number of hydrogen-bond donors (Lipinski definition) is 0. The molecule has 0 spiro atoms. The molecule has 0 fully saturated rings. The van der Waals surface area contributed by atoms with E-state index in [-0.39, 0.29) is 11.5 Å². The molecule has 0 atom stereocenters. The Balaban J connectivity index is 2.19. The third-order valence-corrected chi connectivity index (χ3v) is 4.32. The lowest BCUT2D eigenvalue weighted by Gasteiger charge is -2.13. The molecular formula is C18H22N4O. The van der Waals surface area contributed by atoms with E-state index >= 15 is 0 Å². The average Bonchev–Trinajstić information content (AvgIpc) is 2.79. The van der Waals surface area contributed by atoms with E-state index in [1.54, 1.807) is 10.6 Å². The van der Waals surface area contributed by atoms with Gasteiger partial charge < -0.3 is 0 Å². The SMILES string of the molecule is Cc1cccc(C)c1Cn1c(C)nc2nc(C(C)C)cc(=O)n21. The Hall–Kier alpha value is -2.43. The van der Waals surface area contributed by atoms with Crippen LogP contribution in [0.3, 0.4) is 0 Å². The number of aryl methyl sites for hydroxylation is 3. The van der Waals surface area contributed by atoms with E-state index in [0.717, 1.165) is 11.5 Å². The van der Waals surface area contributed by atoms with E-state index in [4.69, 9.17) is 0 Å². The third-order valence-electron chi connectivity index (χ3n) is 4.32. The normalized spacial score (nSPS) is 11.6. The van der Waals surface area contributed by atoms with E-state index in [1.165, 1.54) is 16.7 Å². The summed E-state index contributed by atoms with van der Waals surface area (Å²) in [4.78, 5) is 21.6. The highest BCUT2D eigenvalue weighted by Gasteiger charge is 2.14. The largest absolute Gasteiger partial charge is 0.274 e. The molecule has 0 aliphatic carbocycles. The van der Waals surface area contributed by atoms with Crippen LogP contribution in [0, 0.1) is 20.8 Å². The lowest BCUT2D eigenvalue weighted by Crippen LogP contribution is -2.23. The van der Waals surface area contributed by atoms with Gasteiger partial charge in [0, 0.05) is 6.07 Å². The Bertz CT molecular complexity index is 914. The van der Waals surface area contributed by atoms with Gasteiger partial charge in [-0.1, -0.05) is 32.0 Å². The van der Waals surface area contributed by atoms with Crippen LogP contribution in [0.1, 0.15) is 48.0 Å². The summed E-state index contributed by atoms with van der Waals surface area (Å²) in [5.41, 5.74) is 4.35. The fourth-order valence-corrected chi connectivity index (χ4v) is 2.86. The van der Waals surface area contributed by atoms with Gasteiger partial charge in [-0.2, -0.15) is 9.50 Å². The summed E-state index contributed by atoms with van der Waals surface area (Å²) < 4.78 is 3.48.